The quantitative estimate of drug-likeness (QED) is 0.665. The van der Waals surface area contributed by atoms with Gasteiger partial charge in [-0.2, -0.15) is 0 Å². The Hall–Kier alpha value is -3.40. The standard InChI is InChI=1S/C23H21NO3/c25-22(20-14-12-19(13-15-20)18-9-5-2-6-10-18)24-21(23(26)27)16-11-17-7-3-1-4-8-17/h1-10,12-15,21H,11,16H2,(H,24,25)(H,26,27)/t21-/m1/s1. The van der Waals surface area contributed by atoms with Crippen LogP contribution in [0, 0.1) is 0 Å². The number of carbonyl (C=O) groups excluding carboxylic acids is 1. The summed E-state index contributed by atoms with van der Waals surface area (Å²) < 4.78 is 0. The summed E-state index contributed by atoms with van der Waals surface area (Å²) >= 11 is 0. The van der Waals surface area contributed by atoms with Gasteiger partial charge in [-0.1, -0.05) is 72.8 Å². The molecule has 0 unspecified atom stereocenters. The molecular weight excluding hydrogens is 338 g/mol. The highest BCUT2D eigenvalue weighted by atomic mass is 16.4. The molecule has 3 aromatic carbocycles. The molecular formula is C23H21NO3. The van der Waals surface area contributed by atoms with Crippen molar-refractivity contribution in [2.75, 3.05) is 0 Å². The third-order valence-electron chi connectivity index (χ3n) is 4.42. The van der Waals surface area contributed by atoms with Crippen molar-refractivity contribution in [3.8, 4) is 11.1 Å². The Labute approximate surface area is 158 Å². The fourth-order valence-corrected chi connectivity index (χ4v) is 2.90. The van der Waals surface area contributed by atoms with Crippen LogP contribution in [-0.2, 0) is 11.2 Å². The van der Waals surface area contributed by atoms with Crippen LogP contribution in [0.25, 0.3) is 11.1 Å². The van der Waals surface area contributed by atoms with Gasteiger partial charge in [-0.25, -0.2) is 4.79 Å². The van der Waals surface area contributed by atoms with Crippen LogP contribution < -0.4 is 5.32 Å². The van der Waals surface area contributed by atoms with Gasteiger partial charge in [0.2, 0.25) is 0 Å². The van der Waals surface area contributed by atoms with Gasteiger partial charge in [-0.05, 0) is 41.7 Å². The number of benzene rings is 3. The number of carboxylic acid groups (broad SMARTS) is 1. The Morgan fingerprint density at radius 1 is 0.778 bits per heavy atom. The predicted molar refractivity (Wildman–Crippen MR) is 106 cm³/mol. The third kappa shape index (κ3) is 5.05. The maximum Gasteiger partial charge on any atom is 0.326 e. The molecule has 1 atom stereocenters. The average molecular weight is 359 g/mol. The Bertz CT molecular complexity index is 890. The number of hydrogen-bond acceptors (Lipinski definition) is 2. The molecule has 3 aromatic rings. The zero-order valence-corrected chi connectivity index (χ0v) is 14.8. The summed E-state index contributed by atoms with van der Waals surface area (Å²) in [6, 6.07) is 25.7. The molecule has 4 heteroatoms. The van der Waals surface area contributed by atoms with E-state index in [1.807, 2.05) is 72.8 Å². The lowest BCUT2D eigenvalue weighted by Gasteiger charge is -2.15. The van der Waals surface area contributed by atoms with Gasteiger partial charge in [0.05, 0.1) is 0 Å². The summed E-state index contributed by atoms with van der Waals surface area (Å²) in [6.07, 6.45) is 0.929. The van der Waals surface area contributed by atoms with Crippen LogP contribution >= 0.6 is 0 Å². The molecule has 1 amide bonds. The van der Waals surface area contributed by atoms with Crippen LogP contribution in [0.1, 0.15) is 22.3 Å². The second-order valence-corrected chi connectivity index (χ2v) is 6.33. The fourth-order valence-electron chi connectivity index (χ4n) is 2.90. The summed E-state index contributed by atoms with van der Waals surface area (Å²) in [7, 11) is 0. The lowest BCUT2D eigenvalue weighted by molar-refractivity contribution is -0.139. The van der Waals surface area contributed by atoms with Crippen molar-refractivity contribution in [2.24, 2.45) is 0 Å². The molecule has 0 saturated carbocycles. The number of amides is 1. The molecule has 0 heterocycles. The number of hydrogen-bond donors (Lipinski definition) is 2. The van der Waals surface area contributed by atoms with E-state index in [1.165, 1.54) is 0 Å². The second-order valence-electron chi connectivity index (χ2n) is 6.33. The second kappa shape index (κ2) is 8.81. The third-order valence-corrected chi connectivity index (χ3v) is 4.42. The van der Waals surface area contributed by atoms with Crippen LogP contribution in [0.15, 0.2) is 84.9 Å². The van der Waals surface area contributed by atoms with Crippen molar-refractivity contribution in [1.29, 1.82) is 0 Å². The van der Waals surface area contributed by atoms with Gasteiger partial charge in [0, 0.05) is 5.56 Å². The summed E-state index contributed by atoms with van der Waals surface area (Å²) in [5.74, 6) is -1.41. The fraction of sp³-hybridized carbons (Fsp3) is 0.130. The zero-order chi connectivity index (χ0) is 19.1. The molecule has 0 aromatic heterocycles. The first-order chi connectivity index (χ1) is 13.1. The first-order valence-electron chi connectivity index (χ1n) is 8.86. The molecule has 0 aliphatic carbocycles. The lowest BCUT2D eigenvalue weighted by Crippen LogP contribution is -2.41. The molecule has 0 saturated heterocycles. The monoisotopic (exact) mass is 359 g/mol. The largest absolute Gasteiger partial charge is 0.480 e. The molecule has 4 nitrogen and oxygen atoms in total. The molecule has 0 fully saturated rings. The smallest absolute Gasteiger partial charge is 0.326 e. The van der Waals surface area contributed by atoms with Gasteiger partial charge >= 0.3 is 5.97 Å². The Morgan fingerprint density at radius 3 is 1.93 bits per heavy atom. The molecule has 0 radical (unpaired) electrons. The van der Waals surface area contributed by atoms with E-state index >= 15 is 0 Å². The van der Waals surface area contributed by atoms with Crippen LogP contribution in [0.3, 0.4) is 0 Å². The molecule has 0 aliphatic heterocycles. The summed E-state index contributed by atoms with van der Waals surface area (Å²) in [5, 5.41) is 12.0. The molecule has 0 bridgehead atoms. The van der Waals surface area contributed by atoms with E-state index in [0.717, 1.165) is 16.7 Å². The van der Waals surface area contributed by atoms with Crippen LogP contribution in [0.4, 0.5) is 0 Å². The van der Waals surface area contributed by atoms with E-state index in [4.69, 9.17) is 0 Å². The van der Waals surface area contributed by atoms with Crippen molar-refractivity contribution >= 4 is 11.9 Å². The molecule has 0 aliphatic rings. The minimum atomic E-state index is -1.03. The molecule has 0 spiro atoms. The Balaban J connectivity index is 1.64. The number of nitrogens with one attached hydrogen (secondary N) is 1. The number of aliphatic carboxylic acids is 1. The number of aryl methyl sites for hydroxylation is 1. The Kier molecular flexibility index (Phi) is 6.00. The summed E-state index contributed by atoms with van der Waals surface area (Å²) in [6.45, 7) is 0. The zero-order valence-electron chi connectivity index (χ0n) is 14.8. The highest BCUT2D eigenvalue weighted by Gasteiger charge is 2.20. The topological polar surface area (TPSA) is 66.4 Å². The van der Waals surface area contributed by atoms with E-state index in [1.54, 1.807) is 12.1 Å². The maximum atomic E-state index is 12.4. The van der Waals surface area contributed by atoms with Gasteiger partial charge in [-0.3, -0.25) is 4.79 Å². The van der Waals surface area contributed by atoms with E-state index < -0.39 is 12.0 Å². The highest BCUT2D eigenvalue weighted by Crippen LogP contribution is 2.19. The van der Waals surface area contributed by atoms with Crippen molar-refractivity contribution < 1.29 is 14.7 Å². The first-order valence-corrected chi connectivity index (χ1v) is 8.86. The Morgan fingerprint density at radius 2 is 1.33 bits per heavy atom. The number of carboxylic acids is 1. The van der Waals surface area contributed by atoms with Gasteiger partial charge in [0.25, 0.3) is 5.91 Å². The molecule has 3 rings (SSSR count). The number of carbonyl (C=O) groups is 2. The van der Waals surface area contributed by atoms with Crippen molar-refractivity contribution in [3.05, 3.63) is 96.1 Å². The minimum Gasteiger partial charge on any atom is -0.480 e. The predicted octanol–water partition coefficient (Wildman–Crippen LogP) is 4.17. The van der Waals surface area contributed by atoms with Crippen LogP contribution in [0.5, 0.6) is 0 Å². The van der Waals surface area contributed by atoms with E-state index in [2.05, 4.69) is 5.32 Å². The van der Waals surface area contributed by atoms with Crippen LogP contribution in [-0.4, -0.2) is 23.0 Å². The first kappa shape index (κ1) is 18.4. The van der Waals surface area contributed by atoms with Crippen molar-refractivity contribution in [1.82, 2.24) is 5.32 Å². The SMILES string of the molecule is O=C(N[C@H](CCc1ccccc1)C(=O)O)c1ccc(-c2ccccc2)cc1. The minimum absolute atomic E-state index is 0.340. The van der Waals surface area contributed by atoms with Crippen molar-refractivity contribution in [3.63, 3.8) is 0 Å². The van der Waals surface area contributed by atoms with Gasteiger partial charge in [0.1, 0.15) is 6.04 Å². The van der Waals surface area contributed by atoms with Gasteiger partial charge in [0.15, 0.2) is 0 Å². The van der Waals surface area contributed by atoms with E-state index in [-0.39, 0.29) is 5.91 Å². The van der Waals surface area contributed by atoms with Gasteiger partial charge in [-0.15, -0.1) is 0 Å². The normalized spacial score (nSPS) is 11.6. The number of rotatable bonds is 7. The van der Waals surface area contributed by atoms with Crippen molar-refractivity contribution in [2.45, 2.75) is 18.9 Å². The summed E-state index contributed by atoms with van der Waals surface area (Å²) in [5.41, 5.74) is 3.56. The molecule has 2 N–H and O–H groups in total. The highest BCUT2D eigenvalue weighted by molar-refractivity contribution is 5.97. The van der Waals surface area contributed by atoms with E-state index in [0.29, 0.717) is 18.4 Å². The maximum absolute atomic E-state index is 12.4. The van der Waals surface area contributed by atoms with E-state index in [9.17, 15) is 14.7 Å². The molecule has 136 valence electrons. The molecule has 27 heavy (non-hydrogen) atoms. The summed E-state index contributed by atoms with van der Waals surface area (Å²) in [4.78, 5) is 24.0. The lowest BCUT2D eigenvalue weighted by atomic mass is 10.0. The van der Waals surface area contributed by atoms with Crippen LogP contribution in [0.2, 0.25) is 0 Å². The average Bonchev–Trinajstić information content (AvgIpc) is 2.72. The van der Waals surface area contributed by atoms with Gasteiger partial charge < -0.3 is 10.4 Å².